The lowest BCUT2D eigenvalue weighted by Gasteiger charge is -2.36. The Bertz CT molecular complexity index is 1110. The van der Waals surface area contributed by atoms with Gasteiger partial charge in [-0.3, -0.25) is 14.6 Å². The van der Waals surface area contributed by atoms with Gasteiger partial charge in [0.05, 0.1) is 10.7 Å². The number of nitrogens with zero attached hydrogens (tertiary/aromatic N) is 5. The van der Waals surface area contributed by atoms with Crippen LogP contribution in [0.25, 0.3) is 11.3 Å². The Morgan fingerprint density at radius 3 is 2.60 bits per heavy atom. The maximum atomic E-state index is 13.4. The van der Waals surface area contributed by atoms with Crippen LogP contribution in [-0.4, -0.2) is 51.8 Å². The number of carbonyl (C=O) groups excluding carboxylic acids is 1. The molecule has 1 saturated heterocycles. The van der Waals surface area contributed by atoms with Crippen LogP contribution in [0.3, 0.4) is 0 Å². The molecule has 9 heteroatoms. The third kappa shape index (κ3) is 4.33. The van der Waals surface area contributed by atoms with Crippen molar-refractivity contribution in [3.8, 4) is 11.3 Å². The van der Waals surface area contributed by atoms with Crippen LogP contribution >= 0.6 is 11.6 Å². The van der Waals surface area contributed by atoms with Gasteiger partial charge in [0.1, 0.15) is 12.4 Å². The second-order valence-corrected chi connectivity index (χ2v) is 7.33. The smallest absolute Gasteiger partial charge is 0.267 e. The minimum atomic E-state index is -0.458. The fourth-order valence-electron chi connectivity index (χ4n) is 3.35. The molecule has 1 amide bonds. The third-order valence-electron chi connectivity index (χ3n) is 5.01. The van der Waals surface area contributed by atoms with E-state index in [4.69, 9.17) is 11.6 Å². The lowest BCUT2D eigenvalue weighted by molar-refractivity contribution is -0.132. The van der Waals surface area contributed by atoms with Crippen molar-refractivity contribution in [3.63, 3.8) is 0 Å². The highest BCUT2D eigenvalue weighted by molar-refractivity contribution is 6.31. The van der Waals surface area contributed by atoms with Gasteiger partial charge in [-0.25, -0.2) is 9.07 Å². The van der Waals surface area contributed by atoms with Crippen LogP contribution in [0.1, 0.15) is 0 Å². The second kappa shape index (κ2) is 8.62. The quantitative estimate of drug-likeness (QED) is 0.639. The van der Waals surface area contributed by atoms with E-state index in [0.29, 0.717) is 31.9 Å². The second-order valence-electron chi connectivity index (χ2n) is 6.92. The van der Waals surface area contributed by atoms with Crippen LogP contribution in [0.2, 0.25) is 5.02 Å². The van der Waals surface area contributed by atoms with E-state index in [9.17, 15) is 14.0 Å². The minimum Gasteiger partial charge on any atom is -0.368 e. The van der Waals surface area contributed by atoms with Gasteiger partial charge in [-0.05, 0) is 36.4 Å². The molecule has 3 aromatic rings. The van der Waals surface area contributed by atoms with Gasteiger partial charge in [0.15, 0.2) is 0 Å². The zero-order valence-corrected chi connectivity index (χ0v) is 16.8. The van der Waals surface area contributed by atoms with E-state index in [2.05, 4.69) is 10.1 Å². The molecule has 2 aromatic heterocycles. The summed E-state index contributed by atoms with van der Waals surface area (Å²) in [4.78, 5) is 32.7. The fraction of sp³-hybridized carbons (Fsp3) is 0.238. The first-order valence-corrected chi connectivity index (χ1v) is 9.85. The van der Waals surface area contributed by atoms with Crippen LogP contribution in [-0.2, 0) is 11.3 Å². The third-order valence-corrected chi connectivity index (χ3v) is 5.30. The lowest BCUT2D eigenvalue weighted by Crippen LogP contribution is -2.50. The minimum absolute atomic E-state index is 0.0740. The predicted molar refractivity (Wildman–Crippen MR) is 112 cm³/mol. The highest BCUT2D eigenvalue weighted by atomic mass is 35.5. The van der Waals surface area contributed by atoms with Crippen molar-refractivity contribution >= 4 is 23.2 Å². The molecule has 0 saturated carbocycles. The fourth-order valence-corrected chi connectivity index (χ4v) is 3.53. The van der Waals surface area contributed by atoms with Gasteiger partial charge in [0.25, 0.3) is 5.56 Å². The summed E-state index contributed by atoms with van der Waals surface area (Å²) < 4.78 is 14.5. The molecule has 1 aliphatic heterocycles. The maximum absolute atomic E-state index is 13.4. The molecule has 0 bridgehead atoms. The number of pyridine rings is 1. The highest BCUT2D eigenvalue weighted by Crippen LogP contribution is 2.23. The number of amides is 1. The summed E-state index contributed by atoms with van der Waals surface area (Å²) in [5.41, 5.74) is 1.82. The number of benzene rings is 1. The molecule has 1 fully saturated rings. The average molecular weight is 428 g/mol. The largest absolute Gasteiger partial charge is 0.368 e. The molecule has 30 heavy (non-hydrogen) atoms. The van der Waals surface area contributed by atoms with Gasteiger partial charge < -0.3 is 9.80 Å². The molecule has 1 aliphatic rings. The highest BCUT2D eigenvalue weighted by Gasteiger charge is 2.22. The summed E-state index contributed by atoms with van der Waals surface area (Å²) in [5.74, 6) is -0.634. The van der Waals surface area contributed by atoms with E-state index in [0.717, 1.165) is 11.3 Å². The van der Waals surface area contributed by atoms with Crippen molar-refractivity contribution in [1.29, 1.82) is 0 Å². The molecule has 1 aromatic carbocycles. The molecule has 0 radical (unpaired) electrons. The molecule has 0 spiro atoms. The van der Waals surface area contributed by atoms with Crippen molar-refractivity contribution in [3.05, 3.63) is 76.1 Å². The Labute approximate surface area is 177 Å². The number of hydrogen-bond donors (Lipinski definition) is 0. The molecule has 154 valence electrons. The van der Waals surface area contributed by atoms with Crippen LogP contribution in [0.5, 0.6) is 0 Å². The van der Waals surface area contributed by atoms with Gasteiger partial charge in [-0.15, -0.1) is 0 Å². The van der Waals surface area contributed by atoms with Crippen LogP contribution in [0.15, 0.2) is 59.7 Å². The average Bonchev–Trinajstić information content (AvgIpc) is 2.78. The van der Waals surface area contributed by atoms with Gasteiger partial charge in [0.2, 0.25) is 5.91 Å². The lowest BCUT2D eigenvalue weighted by atomic mass is 10.2. The van der Waals surface area contributed by atoms with E-state index >= 15 is 0 Å². The summed E-state index contributed by atoms with van der Waals surface area (Å²) in [5, 5.41) is 4.39. The molecular weight excluding hydrogens is 409 g/mol. The topological polar surface area (TPSA) is 71.3 Å². The zero-order chi connectivity index (χ0) is 21.1. The number of carbonyl (C=O) groups is 1. The molecular formula is C21H19ClFN5O2. The first-order chi connectivity index (χ1) is 14.5. The van der Waals surface area contributed by atoms with E-state index in [1.807, 2.05) is 11.0 Å². The number of anilines is 1. The monoisotopic (exact) mass is 427 g/mol. The Hall–Kier alpha value is -3.26. The summed E-state index contributed by atoms with van der Waals surface area (Å²) in [6.45, 7) is 2.03. The zero-order valence-electron chi connectivity index (χ0n) is 16.0. The van der Waals surface area contributed by atoms with Gasteiger partial charge in [0, 0.05) is 55.9 Å². The van der Waals surface area contributed by atoms with E-state index in [1.165, 1.54) is 16.8 Å². The summed E-state index contributed by atoms with van der Waals surface area (Å²) in [6.07, 6.45) is 3.31. The number of piperazine rings is 1. The number of halogens is 2. The summed E-state index contributed by atoms with van der Waals surface area (Å²) in [6, 6.07) is 11.2. The number of rotatable bonds is 4. The molecule has 4 rings (SSSR count). The van der Waals surface area contributed by atoms with Crippen molar-refractivity contribution in [2.24, 2.45) is 0 Å². The molecule has 0 aliphatic carbocycles. The van der Waals surface area contributed by atoms with Gasteiger partial charge in [-0.2, -0.15) is 5.10 Å². The number of aromatic nitrogens is 3. The molecule has 0 N–H and O–H groups in total. The SMILES string of the molecule is O=C(Cn1nc(-c2cccnc2)ccc1=O)N1CCN(c2ccc(F)c(Cl)c2)CC1. The normalized spacial score (nSPS) is 14.1. The number of hydrogen-bond acceptors (Lipinski definition) is 5. The Morgan fingerprint density at radius 2 is 1.90 bits per heavy atom. The summed E-state index contributed by atoms with van der Waals surface area (Å²) in [7, 11) is 0. The van der Waals surface area contributed by atoms with Crippen LogP contribution < -0.4 is 10.5 Å². The van der Waals surface area contributed by atoms with Crippen molar-refractivity contribution in [2.75, 3.05) is 31.1 Å². The van der Waals surface area contributed by atoms with Crippen molar-refractivity contribution in [1.82, 2.24) is 19.7 Å². The van der Waals surface area contributed by atoms with Gasteiger partial charge in [-0.1, -0.05) is 11.6 Å². The van der Waals surface area contributed by atoms with Crippen LogP contribution in [0, 0.1) is 5.82 Å². The summed E-state index contributed by atoms with van der Waals surface area (Å²) >= 11 is 5.86. The van der Waals surface area contributed by atoms with E-state index in [-0.39, 0.29) is 23.0 Å². The van der Waals surface area contributed by atoms with Crippen LogP contribution in [0.4, 0.5) is 10.1 Å². The molecule has 7 nitrogen and oxygen atoms in total. The first-order valence-electron chi connectivity index (χ1n) is 9.47. The maximum Gasteiger partial charge on any atom is 0.267 e. The molecule has 3 heterocycles. The van der Waals surface area contributed by atoms with Crippen molar-refractivity contribution < 1.29 is 9.18 Å². The van der Waals surface area contributed by atoms with E-state index in [1.54, 1.807) is 41.6 Å². The van der Waals surface area contributed by atoms with E-state index < -0.39 is 5.82 Å². The Morgan fingerprint density at radius 1 is 1.10 bits per heavy atom. The molecule has 0 atom stereocenters. The van der Waals surface area contributed by atoms with Crippen molar-refractivity contribution in [2.45, 2.75) is 6.54 Å². The molecule has 0 unspecified atom stereocenters. The Balaban J connectivity index is 1.41. The van der Waals surface area contributed by atoms with Gasteiger partial charge >= 0.3 is 0 Å². The Kier molecular flexibility index (Phi) is 5.76. The standard InChI is InChI=1S/C21H19ClFN5O2/c22-17-12-16(3-4-18(17)23)26-8-10-27(11-9-26)21(30)14-28-20(29)6-5-19(25-28)15-2-1-7-24-13-15/h1-7,12-13H,8-11,14H2. The predicted octanol–water partition coefficient (Wildman–Crippen LogP) is 2.45. The first kappa shape index (κ1) is 20.0.